The van der Waals surface area contributed by atoms with Crippen LogP contribution in [0.3, 0.4) is 0 Å². The van der Waals surface area contributed by atoms with Crippen LogP contribution in [0.15, 0.2) is 65.6 Å². The number of unbranched alkanes of at least 4 members (excludes halogenated alkanes) is 2. The highest BCUT2D eigenvalue weighted by molar-refractivity contribution is 8.26. The van der Waals surface area contributed by atoms with Crippen molar-refractivity contribution in [3.63, 3.8) is 0 Å². The highest BCUT2D eigenvalue weighted by atomic mass is 32.2. The summed E-state index contributed by atoms with van der Waals surface area (Å²) >= 11 is 6.75. The van der Waals surface area contributed by atoms with Crippen LogP contribution in [0.1, 0.15) is 31.2 Å². The molecule has 0 saturated carbocycles. The summed E-state index contributed by atoms with van der Waals surface area (Å²) in [7, 11) is 3.16. The lowest BCUT2D eigenvalue weighted by Gasteiger charge is -2.14. The van der Waals surface area contributed by atoms with Crippen molar-refractivity contribution < 1.29 is 19.1 Å². The Morgan fingerprint density at radius 3 is 2.58 bits per heavy atom. The molecule has 6 nitrogen and oxygen atoms in total. The first-order chi connectivity index (χ1) is 17.5. The Bertz CT molecular complexity index is 1320. The van der Waals surface area contributed by atoms with Gasteiger partial charge in [-0.2, -0.15) is 0 Å². The molecule has 1 N–H and O–H groups in total. The van der Waals surface area contributed by atoms with Gasteiger partial charge in [0.25, 0.3) is 5.91 Å². The molecule has 0 bridgehead atoms. The molecular weight excluding hydrogens is 492 g/mol. The predicted octanol–water partition coefficient (Wildman–Crippen LogP) is 6.26. The van der Waals surface area contributed by atoms with Crippen molar-refractivity contribution in [2.24, 2.45) is 0 Å². The first-order valence-corrected chi connectivity index (χ1v) is 13.0. The van der Waals surface area contributed by atoms with Crippen LogP contribution in [0, 0.1) is 0 Å². The van der Waals surface area contributed by atoms with Crippen LogP contribution in [0.2, 0.25) is 0 Å². The summed E-state index contributed by atoms with van der Waals surface area (Å²) in [5.41, 5.74) is 1.67. The molecule has 0 atom stereocenters. The number of methoxy groups -OCH3 is 2. The van der Waals surface area contributed by atoms with Crippen LogP contribution in [-0.4, -0.2) is 41.8 Å². The number of carbonyl (C=O) groups excluding carboxylic acids is 2. The van der Waals surface area contributed by atoms with Gasteiger partial charge < -0.3 is 14.8 Å². The quantitative estimate of drug-likeness (QED) is 0.193. The highest BCUT2D eigenvalue weighted by Gasteiger charge is 2.31. The van der Waals surface area contributed by atoms with E-state index in [4.69, 9.17) is 21.7 Å². The molecule has 3 aromatic carbocycles. The molecule has 8 heteroatoms. The number of thiocarbonyl (C=S) groups is 1. The number of nitrogens with one attached hydrogen (secondary N) is 1. The summed E-state index contributed by atoms with van der Waals surface area (Å²) in [5.74, 6) is 1.14. The van der Waals surface area contributed by atoms with Crippen molar-refractivity contribution in [2.75, 3.05) is 26.1 Å². The molecule has 0 unspecified atom stereocenters. The van der Waals surface area contributed by atoms with Crippen molar-refractivity contribution in [1.29, 1.82) is 0 Å². The maximum Gasteiger partial charge on any atom is 0.266 e. The summed E-state index contributed by atoms with van der Waals surface area (Å²) in [6.45, 7) is 0.541. The van der Waals surface area contributed by atoms with Crippen LogP contribution >= 0.6 is 24.0 Å². The van der Waals surface area contributed by atoms with Gasteiger partial charge in [-0.25, -0.2) is 0 Å². The van der Waals surface area contributed by atoms with Crippen molar-refractivity contribution in [1.82, 2.24) is 4.90 Å². The second kappa shape index (κ2) is 12.1. The molecule has 1 aliphatic rings. The van der Waals surface area contributed by atoms with Crippen LogP contribution in [0.25, 0.3) is 16.8 Å². The van der Waals surface area contributed by atoms with Crippen molar-refractivity contribution in [3.8, 4) is 11.5 Å². The number of carbonyl (C=O) groups is 2. The number of benzene rings is 3. The van der Waals surface area contributed by atoms with E-state index in [1.807, 2.05) is 66.7 Å². The van der Waals surface area contributed by atoms with Crippen LogP contribution in [-0.2, 0) is 9.59 Å². The lowest BCUT2D eigenvalue weighted by molar-refractivity contribution is -0.122. The van der Waals surface area contributed by atoms with Gasteiger partial charge in [-0.15, -0.1) is 0 Å². The smallest absolute Gasteiger partial charge is 0.266 e. The zero-order chi connectivity index (χ0) is 25.5. The van der Waals surface area contributed by atoms with Crippen molar-refractivity contribution >= 4 is 62.7 Å². The van der Waals surface area contributed by atoms with Gasteiger partial charge in [-0.3, -0.25) is 14.5 Å². The highest BCUT2D eigenvalue weighted by Crippen LogP contribution is 2.35. The summed E-state index contributed by atoms with van der Waals surface area (Å²) in [5, 5.41) is 5.15. The van der Waals surface area contributed by atoms with Crippen LogP contribution < -0.4 is 14.8 Å². The minimum absolute atomic E-state index is 0.00480. The molecule has 0 aromatic heterocycles. The summed E-state index contributed by atoms with van der Waals surface area (Å²) < 4.78 is 11.2. The standard InChI is InChI=1S/C28H28N2O4S2/c1-33-23-15-14-19(17-24(23)34-2)18-25-27(32)30(28(35)36-25)16-7-3-4-13-26(31)29-22-12-8-10-20-9-5-6-11-21(20)22/h5-6,8-12,14-15,17-18H,3-4,7,13,16H2,1-2H3,(H,29,31)/b25-18-. The van der Waals surface area contributed by atoms with Gasteiger partial charge in [0, 0.05) is 24.0 Å². The maximum absolute atomic E-state index is 12.9. The van der Waals surface area contributed by atoms with E-state index in [2.05, 4.69) is 5.32 Å². The zero-order valence-corrected chi connectivity index (χ0v) is 21.9. The maximum atomic E-state index is 12.9. The van der Waals surface area contributed by atoms with Gasteiger partial charge in [0.2, 0.25) is 5.91 Å². The number of hydrogen-bond acceptors (Lipinski definition) is 6. The molecule has 1 aliphatic heterocycles. The number of thioether (sulfide) groups is 1. The first-order valence-electron chi connectivity index (χ1n) is 11.7. The van der Waals surface area contributed by atoms with E-state index < -0.39 is 0 Å². The Hall–Kier alpha value is -3.36. The molecule has 4 rings (SSSR count). The molecule has 186 valence electrons. The van der Waals surface area contributed by atoms with E-state index >= 15 is 0 Å². The van der Waals surface area contributed by atoms with Crippen LogP contribution in [0.4, 0.5) is 5.69 Å². The van der Waals surface area contributed by atoms with E-state index in [-0.39, 0.29) is 11.8 Å². The van der Waals surface area contributed by atoms with Gasteiger partial charge in [0.05, 0.1) is 19.1 Å². The largest absolute Gasteiger partial charge is 0.493 e. The Kier molecular flexibility index (Phi) is 8.61. The lowest BCUT2D eigenvalue weighted by Crippen LogP contribution is -2.29. The normalized spacial score (nSPS) is 14.5. The molecule has 0 spiro atoms. The number of fused-ring (bicyclic) bond motifs is 1. The fourth-order valence-electron chi connectivity index (χ4n) is 4.07. The fourth-order valence-corrected chi connectivity index (χ4v) is 5.37. The van der Waals surface area contributed by atoms with E-state index in [1.54, 1.807) is 19.1 Å². The first kappa shape index (κ1) is 25.7. The molecule has 36 heavy (non-hydrogen) atoms. The number of ether oxygens (including phenoxy) is 2. The van der Waals surface area contributed by atoms with Gasteiger partial charge in [0.15, 0.2) is 11.5 Å². The van der Waals surface area contributed by atoms with Crippen molar-refractivity contribution in [3.05, 3.63) is 71.1 Å². The molecule has 2 amide bonds. The number of amides is 2. The Morgan fingerprint density at radius 1 is 1.00 bits per heavy atom. The minimum Gasteiger partial charge on any atom is -0.493 e. The number of rotatable bonds is 10. The van der Waals surface area contributed by atoms with Gasteiger partial charge in [0.1, 0.15) is 4.32 Å². The topological polar surface area (TPSA) is 67.9 Å². The zero-order valence-electron chi connectivity index (χ0n) is 20.3. The summed E-state index contributed by atoms with van der Waals surface area (Å²) in [6, 6.07) is 19.4. The monoisotopic (exact) mass is 520 g/mol. The molecule has 0 radical (unpaired) electrons. The van der Waals surface area contributed by atoms with E-state index in [1.165, 1.54) is 11.8 Å². The van der Waals surface area contributed by atoms with E-state index in [0.29, 0.717) is 33.7 Å². The SMILES string of the molecule is COc1ccc(/C=C2\SC(=S)N(CCCCCC(=O)Nc3cccc4ccccc34)C2=O)cc1OC. The van der Waals surface area contributed by atoms with E-state index in [0.717, 1.165) is 41.3 Å². The average Bonchev–Trinajstić information content (AvgIpc) is 3.15. The second-order valence-corrected chi connectivity index (χ2v) is 10.0. The molecular formula is C28H28N2O4S2. The fraction of sp³-hybridized carbons (Fsp3) is 0.250. The van der Waals surface area contributed by atoms with Gasteiger partial charge in [-0.1, -0.05) is 72.9 Å². The molecule has 1 fully saturated rings. The van der Waals surface area contributed by atoms with Gasteiger partial charge in [-0.05, 0) is 48.1 Å². The molecule has 3 aromatic rings. The van der Waals surface area contributed by atoms with Gasteiger partial charge >= 0.3 is 0 Å². The number of hydrogen-bond donors (Lipinski definition) is 1. The molecule has 1 saturated heterocycles. The number of nitrogens with zero attached hydrogens (tertiary/aromatic N) is 1. The van der Waals surface area contributed by atoms with Crippen molar-refractivity contribution in [2.45, 2.75) is 25.7 Å². The predicted molar refractivity (Wildman–Crippen MR) is 150 cm³/mol. The third-order valence-corrected chi connectivity index (χ3v) is 7.31. The Labute approximate surface area is 220 Å². The van der Waals surface area contributed by atoms with Crippen LogP contribution in [0.5, 0.6) is 11.5 Å². The lowest BCUT2D eigenvalue weighted by atomic mass is 10.1. The summed E-state index contributed by atoms with van der Waals surface area (Å²) in [4.78, 5) is 27.6. The third-order valence-electron chi connectivity index (χ3n) is 5.93. The summed E-state index contributed by atoms with van der Waals surface area (Å²) in [6.07, 6.45) is 4.60. The minimum atomic E-state index is -0.0894. The third kappa shape index (κ3) is 6.06. The van der Waals surface area contributed by atoms with E-state index in [9.17, 15) is 9.59 Å². The average molecular weight is 521 g/mol. The Morgan fingerprint density at radius 2 is 1.78 bits per heavy atom. The second-order valence-electron chi connectivity index (χ2n) is 8.33. The number of anilines is 1. The Balaban J connectivity index is 1.25. The molecule has 0 aliphatic carbocycles. The molecule has 1 heterocycles.